The van der Waals surface area contributed by atoms with E-state index in [4.69, 9.17) is 13.8 Å². The Morgan fingerprint density at radius 2 is 1.58 bits per heavy atom. The van der Waals surface area contributed by atoms with E-state index in [1.54, 1.807) is 20.8 Å². The van der Waals surface area contributed by atoms with E-state index in [-0.39, 0.29) is 18.0 Å². The van der Waals surface area contributed by atoms with Gasteiger partial charge in [-0.25, -0.2) is 0 Å². The van der Waals surface area contributed by atoms with Crippen LogP contribution < -0.4 is 0 Å². The Bertz CT molecular complexity index is 283. The zero-order chi connectivity index (χ0) is 14.7. The minimum Gasteiger partial charge on any atom is -0.466 e. The number of carbonyl (C=O) groups is 1. The maximum atomic E-state index is 12.7. The third kappa shape index (κ3) is 7.09. The number of rotatable bonds is 11. The van der Waals surface area contributed by atoms with Gasteiger partial charge in [0.05, 0.1) is 25.5 Å². The predicted molar refractivity (Wildman–Crippen MR) is 75.4 cm³/mol. The van der Waals surface area contributed by atoms with Gasteiger partial charge in [0.15, 0.2) is 0 Å². The van der Waals surface area contributed by atoms with Crippen molar-refractivity contribution in [1.82, 2.24) is 0 Å². The van der Waals surface area contributed by atoms with Gasteiger partial charge in [0.25, 0.3) is 0 Å². The second-order valence-corrected chi connectivity index (χ2v) is 6.49. The van der Waals surface area contributed by atoms with Gasteiger partial charge in [-0.15, -0.1) is 0 Å². The summed E-state index contributed by atoms with van der Waals surface area (Å²) in [7, 11) is -3.13. The Labute approximate surface area is 116 Å². The molecule has 0 aromatic carbocycles. The summed E-state index contributed by atoms with van der Waals surface area (Å²) >= 11 is 0. The van der Waals surface area contributed by atoms with Crippen molar-refractivity contribution >= 4 is 13.6 Å². The van der Waals surface area contributed by atoms with Gasteiger partial charge in [-0.3, -0.25) is 9.36 Å². The lowest BCUT2D eigenvalue weighted by Gasteiger charge is -2.25. The third-order valence-corrected chi connectivity index (χ3v) is 5.32. The Morgan fingerprint density at radius 3 is 2.00 bits per heavy atom. The predicted octanol–water partition coefficient (Wildman–Crippen LogP) is 3.76. The molecule has 0 saturated carbocycles. The maximum Gasteiger partial charge on any atom is 0.333 e. The third-order valence-electron chi connectivity index (χ3n) is 2.67. The van der Waals surface area contributed by atoms with Crippen LogP contribution in [0.15, 0.2) is 0 Å². The molecule has 19 heavy (non-hydrogen) atoms. The van der Waals surface area contributed by atoms with Gasteiger partial charge in [0, 0.05) is 6.42 Å². The lowest BCUT2D eigenvalue weighted by molar-refractivity contribution is -0.143. The van der Waals surface area contributed by atoms with E-state index in [9.17, 15) is 9.36 Å². The van der Waals surface area contributed by atoms with E-state index in [0.717, 1.165) is 12.8 Å². The Morgan fingerprint density at radius 1 is 1.00 bits per heavy atom. The molecule has 0 aliphatic heterocycles. The minimum absolute atomic E-state index is 0.234. The van der Waals surface area contributed by atoms with Crippen LogP contribution in [0.1, 0.15) is 53.4 Å². The molecule has 0 aromatic rings. The van der Waals surface area contributed by atoms with Crippen LogP contribution in [0, 0.1) is 0 Å². The smallest absolute Gasteiger partial charge is 0.333 e. The summed E-state index contributed by atoms with van der Waals surface area (Å²) in [5.41, 5.74) is -0.234. The first-order valence-corrected chi connectivity index (χ1v) is 8.69. The normalized spacial score (nSPS) is 13.3. The van der Waals surface area contributed by atoms with Crippen LogP contribution in [0.5, 0.6) is 0 Å². The molecule has 0 bridgehead atoms. The van der Waals surface area contributed by atoms with Crippen molar-refractivity contribution in [3.8, 4) is 0 Å². The van der Waals surface area contributed by atoms with Crippen molar-refractivity contribution in [2.45, 2.75) is 59.0 Å². The number of hydrogen-bond donors (Lipinski definition) is 0. The standard InChI is InChI=1S/C13H27O5P/c1-5-9-12(10-11-13(14)16-6-2)19(15,17-7-3)18-8-4/h12H,5-11H2,1-4H3. The van der Waals surface area contributed by atoms with E-state index in [0.29, 0.717) is 26.2 Å². The van der Waals surface area contributed by atoms with Crippen molar-refractivity contribution in [3.05, 3.63) is 0 Å². The average Bonchev–Trinajstić information content (AvgIpc) is 2.35. The van der Waals surface area contributed by atoms with Crippen molar-refractivity contribution < 1.29 is 23.1 Å². The van der Waals surface area contributed by atoms with Crippen LogP contribution in [0.25, 0.3) is 0 Å². The van der Waals surface area contributed by atoms with Crippen LogP contribution in [0.3, 0.4) is 0 Å². The fraction of sp³-hybridized carbons (Fsp3) is 0.923. The largest absolute Gasteiger partial charge is 0.466 e. The van der Waals surface area contributed by atoms with Crippen LogP contribution in [0.2, 0.25) is 0 Å². The first kappa shape index (κ1) is 18.6. The molecular formula is C13H27O5P. The van der Waals surface area contributed by atoms with Gasteiger partial charge in [0.1, 0.15) is 0 Å². The summed E-state index contributed by atoms with van der Waals surface area (Å²) in [5.74, 6) is -0.261. The molecule has 5 nitrogen and oxygen atoms in total. The van der Waals surface area contributed by atoms with Gasteiger partial charge in [-0.05, 0) is 33.6 Å². The molecule has 0 rings (SSSR count). The van der Waals surface area contributed by atoms with Crippen LogP contribution in [-0.2, 0) is 23.1 Å². The molecule has 0 spiro atoms. The Balaban J connectivity index is 4.65. The first-order chi connectivity index (χ1) is 9.03. The number of carbonyl (C=O) groups excluding carboxylic acids is 1. The quantitative estimate of drug-likeness (QED) is 0.429. The average molecular weight is 294 g/mol. The molecule has 0 fully saturated rings. The molecule has 0 amide bonds. The van der Waals surface area contributed by atoms with Gasteiger partial charge in [-0.2, -0.15) is 0 Å². The summed E-state index contributed by atoms with van der Waals surface area (Å²) < 4.78 is 28.3. The lowest BCUT2D eigenvalue weighted by atomic mass is 10.1. The zero-order valence-corrected chi connectivity index (χ0v) is 13.4. The number of ether oxygens (including phenoxy) is 1. The molecule has 114 valence electrons. The summed E-state index contributed by atoms with van der Waals surface area (Å²) in [6.45, 7) is 8.42. The SMILES string of the molecule is CCCC(CCC(=O)OCC)P(=O)(OCC)OCC. The molecule has 1 unspecified atom stereocenters. The highest BCUT2D eigenvalue weighted by Crippen LogP contribution is 2.56. The van der Waals surface area contributed by atoms with Crippen LogP contribution in [-0.4, -0.2) is 31.4 Å². The van der Waals surface area contributed by atoms with Crippen molar-refractivity contribution in [3.63, 3.8) is 0 Å². The van der Waals surface area contributed by atoms with E-state index in [2.05, 4.69) is 0 Å². The van der Waals surface area contributed by atoms with Gasteiger partial charge in [-0.1, -0.05) is 13.3 Å². The maximum absolute atomic E-state index is 12.7. The van der Waals surface area contributed by atoms with Gasteiger partial charge >= 0.3 is 13.6 Å². The second-order valence-electron chi connectivity index (χ2n) is 4.16. The van der Waals surface area contributed by atoms with Crippen molar-refractivity contribution in [2.75, 3.05) is 19.8 Å². The molecule has 0 aliphatic rings. The topological polar surface area (TPSA) is 61.8 Å². The monoisotopic (exact) mass is 294 g/mol. The van der Waals surface area contributed by atoms with Crippen molar-refractivity contribution in [1.29, 1.82) is 0 Å². The summed E-state index contributed by atoms with van der Waals surface area (Å²) in [6.07, 6.45) is 2.32. The molecule has 1 atom stereocenters. The molecular weight excluding hydrogens is 267 g/mol. The molecule has 0 heterocycles. The highest BCUT2D eigenvalue weighted by molar-refractivity contribution is 7.54. The second kappa shape index (κ2) is 10.4. The number of hydrogen-bond acceptors (Lipinski definition) is 5. The van der Waals surface area contributed by atoms with E-state index in [1.807, 2.05) is 6.92 Å². The van der Waals surface area contributed by atoms with E-state index in [1.165, 1.54) is 0 Å². The van der Waals surface area contributed by atoms with Crippen molar-refractivity contribution in [2.24, 2.45) is 0 Å². The zero-order valence-electron chi connectivity index (χ0n) is 12.5. The minimum atomic E-state index is -3.13. The molecule has 0 aliphatic carbocycles. The summed E-state index contributed by atoms with van der Waals surface area (Å²) in [4.78, 5) is 11.4. The Kier molecular flexibility index (Phi) is 10.2. The highest BCUT2D eigenvalue weighted by atomic mass is 31.2. The summed E-state index contributed by atoms with van der Waals surface area (Å²) in [5, 5.41) is 0. The molecule has 0 radical (unpaired) electrons. The summed E-state index contributed by atoms with van der Waals surface area (Å²) in [6, 6.07) is 0. The van der Waals surface area contributed by atoms with Crippen LogP contribution in [0.4, 0.5) is 0 Å². The van der Waals surface area contributed by atoms with Crippen LogP contribution >= 0.6 is 7.60 Å². The lowest BCUT2D eigenvalue weighted by Crippen LogP contribution is -2.16. The Hall–Kier alpha value is -0.380. The first-order valence-electron chi connectivity index (χ1n) is 7.08. The fourth-order valence-electron chi connectivity index (χ4n) is 1.92. The highest BCUT2D eigenvalue weighted by Gasteiger charge is 2.34. The number of esters is 1. The molecule has 0 aromatic heterocycles. The van der Waals surface area contributed by atoms with E-state index < -0.39 is 7.60 Å². The molecule has 0 N–H and O–H groups in total. The molecule has 6 heteroatoms. The van der Waals surface area contributed by atoms with Gasteiger partial charge < -0.3 is 13.8 Å². The molecule has 0 saturated heterocycles. The fourth-order valence-corrected chi connectivity index (χ4v) is 4.16. The van der Waals surface area contributed by atoms with Gasteiger partial charge in [0.2, 0.25) is 0 Å². The van der Waals surface area contributed by atoms with E-state index >= 15 is 0 Å².